The molecule has 0 aromatic heterocycles. The summed E-state index contributed by atoms with van der Waals surface area (Å²) in [7, 11) is 0. The lowest BCUT2D eigenvalue weighted by atomic mass is 9.77. The number of nitrogens with one attached hydrogen (secondary N) is 1. The number of hydrogen-bond donors (Lipinski definition) is 6. The smallest absolute Gasteiger partial charge is 0.410 e. The van der Waals surface area contributed by atoms with Gasteiger partial charge in [0.05, 0.1) is 6.10 Å². The Morgan fingerprint density at radius 3 is 2.12 bits per heavy atom. The van der Waals surface area contributed by atoms with Gasteiger partial charge in [-0.2, -0.15) is 0 Å². The summed E-state index contributed by atoms with van der Waals surface area (Å²) in [5, 5.41) is 53.6. The molecule has 32 heavy (non-hydrogen) atoms. The fourth-order valence-corrected chi connectivity index (χ4v) is 4.83. The van der Waals surface area contributed by atoms with Crippen molar-refractivity contribution in [1.29, 1.82) is 0 Å². The second-order valence-electron chi connectivity index (χ2n) is 10.5. The lowest BCUT2D eigenvalue weighted by molar-refractivity contribution is -0.173. The molecular formula is C22H43N3O7. The van der Waals surface area contributed by atoms with E-state index in [1.165, 1.54) is 0 Å². The number of carbonyl (C=O) groups is 1. The molecule has 2 heterocycles. The first-order valence-electron chi connectivity index (χ1n) is 11.7. The predicted molar refractivity (Wildman–Crippen MR) is 118 cm³/mol. The number of hydrogen-bond acceptors (Lipinski definition) is 9. The van der Waals surface area contributed by atoms with E-state index in [2.05, 4.69) is 24.1 Å². The fourth-order valence-electron chi connectivity index (χ4n) is 4.83. The van der Waals surface area contributed by atoms with Crippen molar-refractivity contribution in [3.05, 3.63) is 0 Å². The molecule has 2 fully saturated rings. The van der Waals surface area contributed by atoms with Gasteiger partial charge in [0.15, 0.2) is 6.29 Å². The third-order valence-electron chi connectivity index (χ3n) is 6.51. The third-order valence-corrected chi connectivity index (χ3v) is 6.51. The molecule has 0 aromatic carbocycles. The first-order chi connectivity index (χ1) is 14.8. The summed E-state index contributed by atoms with van der Waals surface area (Å²) in [6.07, 6.45) is -4.12. The van der Waals surface area contributed by atoms with Crippen LogP contribution >= 0.6 is 0 Å². The Balaban J connectivity index is 2.01. The summed E-state index contributed by atoms with van der Waals surface area (Å²) in [5.74, 6) is -1.36. The van der Waals surface area contributed by atoms with Crippen LogP contribution in [-0.4, -0.2) is 104 Å². The molecule has 10 nitrogen and oxygen atoms in total. The average molecular weight is 462 g/mol. The van der Waals surface area contributed by atoms with Crippen LogP contribution < -0.4 is 5.32 Å². The maximum atomic E-state index is 12.3. The largest absolute Gasteiger partial charge is 0.444 e. The van der Waals surface area contributed by atoms with Gasteiger partial charge < -0.3 is 35.2 Å². The monoisotopic (exact) mass is 461 g/mol. The van der Waals surface area contributed by atoms with E-state index in [1.807, 2.05) is 20.8 Å². The average Bonchev–Trinajstić information content (AvgIpc) is 2.66. The van der Waals surface area contributed by atoms with Crippen LogP contribution in [0.4, 0.5) is 4.79 Å². The molecule has 0 radical (unpaired) electrons. The number of amides is 1. The zero-order chi connectivity index (χ0) is 24.2. The Morgan fingerprint density at radius 1 is 1.06 bits per heavy atom. The van der Waals surface area contributed by atoms with Gasteiger partial charge in [0.2, 0.25) is 0 Å². The van der Waals surface area contributed by atoms with Crippen LogP contribution in [0.3, 0.4) is 0 Å². The molecule has 10 heteroatoms. The van der Waals surface area contributed by atoms with Gasteiger partial charge >= 0.3 is 6.09 Å². The maximum Gasteiger partial charge on any atom is 0.410 e. The van der Waals surface area contributed by atoms with Crippen molar-refractivity contribution in [2.45, 2.75) is 90.4 Å². The highest BCUT2D eigenvalue weighted by atomic mass is 16.6. The molecule has 6 unspecified atom stereocenters. The minimum absolute atomic E-state index is 0.0358. The molecule has 2 aliphatic heterocycles. The van der Waals surface area contributed by atoms with Crippen molar-refractivity contribution in [1.82, 2.24) is 15.1 Å². The lowest BCUT2D eigenvalue weighted by Gasteiger charge is -2.44. The summed E-state index contributed by atoms with van der Waals surface area (Å²) in [6.45, 7) is 11.9. The number of piperidine rings is 1. The minimum atomic E-state index is -1.79. The summed E-state index contributed by atoms with van der Waals surface area (Å²) in [4.78, 5) is 16.2. The van der Waals surface area contributed by atoms with Crippen molar-refractivity contribution in [2.24, 2.45) is 17.8 Å². The zero-order valence-corrected chi connectivity index (χ0v) is 20.0. The number of ether oxygens (including phenoxy) is 1. The number of rotatable bonds is 7. The van der Waals surface area contributed by atoms with Crippen LogP contribution in [0.1, 0.15) is 53.9 Å². The summed E-state index contributed by atoms with van der Waals surface area (Å²) in [6, 6.07) is -0.0358. The fraction of sp³-hybridized carbons (Fsp3) is 0.955. The van der Waals surface area contributed by atoms with Crippen molar-refractivity contribution in [2.75, 3.05) is 26.2 Å². The van der Waals surface area contributed by atoms with Crippen molar-refractivity contribution in [3.8, 4) is 0 Å². The van der Waals surface area contributed by atoms with Crippen molar-refractivity contribution in [3.63, 3.8) is 0 Å². The molecule has 6 N–H and O–H groups in total. The van der Waals surface area contributed by atoms with Crippen LogP contribution in [0.15, 0.2) is 0 Å². The van der Waals surface area contributed by atoms with E-state index in [-0.39, 0.29) is 18.1 Å². The Hall–Kier alpha value is -1.01. The van der Waals surface area contributed by atoms with Crippen LogP contribution in [0.25, 0.3) is 0 Å². The Morgan fingerprint density at radius 2 is 1.66 bits per heavy atom. The summed E-state index contributed by atoms with van der Waals surface area (Å²) in [5.41, 5.74) is -0.548. The molecule has 0 spiro atoms. The van der Waals surface area contributed by atoms with E-state index in [9.17, 15) is 30.3 Å². The molecule has 0 aromatic rings. The second kappa shape index (κ2) is 11.4. The topological polar surface area (TPSA) is 146 Å². The molecule has 188 valence electrons. The lowest BCUT2D eigenvalue weighted by Crippen LogP contribution is -2.56. The Bertz CT molecular complexity index is 591. The van der Waals surface area contributed by atoms with Crippen LogP contribution in [-0.2, 0) is 4.74 Å². The number of piperazine rings is 1. The van der Waals surface area contributed by atoms with Crippen LogP contribution in [0.5, 0.6) is 0 Å². The van der Waals surface area contributed by atoms with Gasteiger partial charge in [-0.05, 0) is 46.0 Å². The zero-order valence-electron chi connectivity index (χ0n) is 20.0. The van der Waals surface area contributed by atoms with E-state index in [0.717, 1.165) is 0 Å². The Kier molecular flexibility index (Phi) is 9.72. The Labute approximate surface area is 191 Å². The van der Waals surface area contributed by atoms with Gasteiger partial charge in [-0.1, -0.05) is 13.8 Å². The molecule has 0 saturated carbocycles. The first-order valence-corrected chi connectivity index (χ1v) is 11.7. The molecule has 6 atom stereocenters. The van der Waals surface area contributed by atoms with Gasteiger partial charge in [-0.3, -0.25) is 10.2 Å². The van der Waals surface area contributed by atoms with E-state index >= 15 is 0 Å². The van der Waals surface area contributed by atoms with Gasteiger partial charge in [0.25, 0.3) is 0 Å². The van der Waals surface area contributed by atoms with Crippen molar-refractivity contribution >= 4 is 6.09 Å². The molecule has 2 saturated heterocycles. The quantitative estimate of drug-likeness (QED) is 0.286. The SMILES string of the molecule is CC(C)C(CC(O)C(C(O)O)C1CCC(O)NC1O)N1CCN(C(=O)OC(C)(C)C)CC1. The third kappa shape index (κ3) is 7.51. The summed E-state index contributed by atoms with van der Waals surface area (Å²) >= 11 is 0. The maximum absolute atomic E-state index is 12.3. The highest BCUT2D eigenvalue weighted by Crippen LogP contribution is 2.33. The molecule has 2 rings (SSSR count). The molecule has 0 bridgehead atoms. The van der Waals surface area contributed by atoms with Gasteiger partial charge in [0, 0.05) is 44.1 Å². The van der Waals surface area contributed by atoms with E-state index < -0.39 is 42.3 Å². The first kappa shape index (κ1) is 27.2. The van der Waals surface area contributed by atoms with E-state index in [4.69, 9.17) is 4.74 Å². The van der Waals surface area contributed by atoms with E-state index in [1.54, 1.807) is 4.90 Å². The molecule has 2 aliphatic rings. The summed E-state index contributed by atoms with van der Waals surface area (Å²) < 4.78 is 5.45. The van der Waals surface area contributed by atoms with Gasteiger partial charge in [0.1, 0.15) is 18.1 Å². The second-order valence-corrected chi connectivity index (χ2v) is 10.5. The van der Waals surface area contributed by atoms with Crippen LogP contribution in [0, 0.1) is 17.8 Å². The van der Waals surface area contributed by atoms with Crippen molar-refractivity contribution < 1.29 is 35.1 Å². The normalized spacial score (nSPS) is 28.6. The van der Waals surface area contributed by atoms with Gasteiger partial charge in [-0.25, -0.2) is 4.79 Å². The minimum Gasteiger partial charge on any atom is -0.444 e. The molecule has 0 aliphatic carbocycles. The number of aliphatic hydroxyl groups excluding tert-OH is 4. The highest BCUT2D eigenvalue weighted by Gasteiger charge is 2.42. The van der Waals surface area contributed by atoms with E-state index in [0.29, 0.717) is 45.4 Å². The van der Waals surface area contributed by atoms with Crippen LogP contribution in [0.2, 0.25) is 0 Å². The number of carbonyl (C=O) groups excluding carboxylic acids is 1. The molecular weight excluding hydrogens is 418 g/mol. The number of aliphatic hydroxyl groups is 5. The highest BCUT2D eigenvalue weighted by molar-refractivity contribution is 5.68. The van der Waals surface area contributed by atoms with Gasteiger partial charge in [-0.15, -0.1) is 0 Å². The number of nitrogens with zero attached hydrogens (tertiary/aromatic N) is 2. The predicted octanol–water partition coefficient (Wildman–Crippen LogP) is -0.122. The molecule has 1 amide bonds. The standard InChI is InChI=1S/C22H43N3O7/c1-13(2)15(24-8-10-25(11-9-24)21(31)32-22(3,4)5)12-16(26)18(20(29)30)14-6-7-17(27)23-19(14)28/h13-20,23,26-30H,6-12H2,1-5H3.